The van der Waals surface area contributed by atoms with E-state index in [1.54, 1.807) is 18.2 Å². The standard InChI is InChI=1S/C19H18BrN3O3/c1-3-25-16-8-7-14(9-12(16)2)19(24)21-11-17-22-18(23-26-17)13-5-4-6-15(20)10-13/h4-10H,3,11H2,1-2H3,(H,21,24). The van der Waals surface area contributed by atoms with Gasteiger partial charge in [0.05, 0.1) is 13.2 Å². The Morgan fingerprint density at radius 2 is 2.12 bits per heavy atom. The van der Waals surface area contributed by atoms with Crippen molar-refractivity contribution in [2.45, 2.75) is 20.4 Å². The molecule has 0 spiro atoms. The Labute approximate surface area is 159 Å². The number of carbonyl (C=O) groups is 1. The van der Waals surface area contributed by atoms with E-state index in [0.717, 1.165) is 21.3 Å². The average Bonchev–Trinajstić information content (AvgIpc) is 3.10. The van der Waals surface area contributed by atoms with Crippen LogP contribution in [0.25, 0.3) is 11.4 Å². The number of amides is 1. The van der Waals surface area contributed by atoms with Crippen LogP contribution in [0, 0.1) is 6.92 Å². The van der Waals surface area contributed by atoms with Gasteiger partial charge in [0.1, 0.15) is 5.75 Å². The fourth-order valence-electron chi connectivity index (χ4n) is 2.44. The molecule has 2 aromatic carbocycles. The molecular formula is C19H18BrN3O3. The number of ether oxygens (including phenoxy) is 1. The molecule has 0 fully saturated rings. The number of hydrogen-bond donors (Lipinski definition) is 1. The maximum absolute atomic E-state index is 12.3. The first kappa shape index (κ1) is 18.1. The largest absolute Gasteiger partial charge is 0.494 e. The van der Waals surface area contributed by atoms with Crippen molar-refractivity contribution in [3.05, 3.63) is 64.0 Å². The molecule has 0 bridgehead atoms. The molecule has 134 valence electrons. The number of aromatic nitrogens is 2. The van der Waals surface area contributed by atoms with E-state index in [4.69, 9.17) is 9.26 Å². The van der Waals surface area contributed by atoms with Crippen LogP contribution in [0.4, 0.5) is 0 Å². The van der Waals surface area contributed by atoms with Gasteiger partial charge < -0.3 is 14.6 Å². The van der Waals surface area contributed by atoms with Crippen LogP contribution in [0.3, 0.4) is 0 Å². The van der Waals surface area contributed by atoms with E-state index >= 15 is 0 Å². The molecule has 0 saturated carbocycles. The lowest BCUT2D eigenvalue weighted by Crippen LogP contribution is -2.23. The minimum absolute atomic E-state index is 0.159. The van der Waals surface area contributed by atoms with Crippen molar-refractivity contribution in [3.63, 3.8) is 0 Å². The van der Waals surface area contributed by atoms with Crippen LogP contribution in [0.5, 0.6) is 5.75 Å². The highest BCUT2D eigenvalue weighted by Crippen LogP contribution is 2.21. The van der Waals surface area contributed by atoms with Gasteiger partial charge >= 0.3 is 0 Å². The second-order valence-corrected chi connectivity index (χ2v) is 6.53. The van der Waals surface area contributed by atoms with Gasteiger partial charge in [0, 0.05) is 15.6 Å². The third kappa shape index (κ3) is 4.29. The SMILES string of the molecule is CCOc1ccc(C(=O)NCc2nc(-c3cccc(Br)c3)no2)cc1C. The van der Waals surface area contributed by atoms with Crippen LogP contribution in [0.1, 0.15) is 28.7 Å². The Morgan fingerprint density at radius 3 is 2.85 bits per heavy atom. The van der Waals surface area contributed by atoms with Crippen molar-refractivity contribution >= 4 is 21.8 Å². The molecule has 0 aliphatic heterocycles. The molecule has 3 rings (SSSR count). The Morgan fingerprint density at radius 1 is 1.27 bits per heavy atom. The van der Waals surface area contributed by atoms with Gasteiger partial charge in [-0.2, -0.15) is 4.98 Å². The molecular weight excluding hydrogens is 398 g/mol. The van der Waals surface area contributed by atoms with E-state index in [2.05, 4.69) is 31.4 Å². The van der Waals surface area contributed by atoms with Gasteiger partial charge in [-0.25, -0.2) is 0 Å². The lowest BCUT2D eigenvalue weighted by atomic mass is 10.1. The summed E-state index contributed by atoms with van der Waals surface area (Å²) in [5.74, 6) is 1.39. The maximum atomic E-state index is 12.3. The predicted octanol–water partition coefficient (Wildman–Crippen LogP) is 4.14. The monoisotopic (exact) mass is 415 g/mol. The number of nitrogens with zero attached hydrogens (tertiary/aromatic N) is 2. The molecule has 3 aromatic rings. The van der Waals surface area contributed by atoms with Gasteiger partial charge in [0.2, 0.25) is 11.7 Å². The first-order valence-electron chi connectivity index (χ1n) is 8.17. The van der Waals surface area contributed by atoms with E-state index in [1.165, 1.54) is 0 Å². The Kier molecular flexibility index (Phi) is 5.68. The highest BCUT2D eigenvalue weighted by molar-refractivity contribution is 9.10. The first-order valence-corrected chi connectivity index (χ1v) is 8.96. The molecule has 6 nitrogen and oxygen atoms in total. The normalized spacial score (nSPS) is 10.6. The van der Waals surface area contributed by atoms with Gasteiger partial charge in [-0.15, -0.1) is 0 Å². The number of rotatable bonds is 6. The minimum Gasteiger partial charge on any atom is -0.494 e. The van der Waals surface area contributed by atoms with Gasteiger partial charge in [-0.3, -0.25) is 4.79 Å². The lowest BCUT2D eigenvalue weighted by Gasteiger charge is -2.08. The van der Waals surface area contributed by atoms with Crippen LogP contribution in [0.2, 0.25) is 0 Å². The number of benzene rings is 2. The third-order valence-corrected chi connectivity index (χ3v) is 4.18. The molecule has 7 heteroatoms. The third-order valence-electron chi connectivity index (χ3n) is 3.69. The minimum atomic E-state index is -0.210. The van der Waals surface area contributed by atoms with Gasteiger partial charge in [-0.1, -0.05) is 33.2 Å². The summed E-state index contributed by atoms with van der Waals surface area (Å²) in [6.45, 7) is 4.58. The number of hydrogen-bond acceptors (Lipinski definition) is 5. The van der Waals surface area contributed by atoms with Crippen molar-refractivity contribution in [2.24, 2.45) is 0 Å². The summed E-state index contributed by atoms with van der Waals surface area (Å²) in [5.41, 5.74) is 2.30. The van der Waals surface area contributed by atoms with E-state index in [9.17, 15) is 4.79 Å². The molecule has 1 amide bonds. The summed E-state index contributed by atoms with van der Waals surface area (Å²) >= 11 is 3.41. The molecule has 0 unspecified atom stereocenters. The van der Waals surface area contributed by atoms with Gasteiger partial charge in [-0.05, 0) is 49.7 Å². The van der Waals surface area contributed by atoms with Crippen molar-refractivity contribution in [3.8, 4) is 17.1 Å². The topological polar surface area (TPSA) is 77.2 Å². The number of carbonyl (C=O) groups excluding carboxylic acids is 1. The van der Waals surface area contributed by atoms with Crippen LogP contribution in [-0.4, -0.2) is 22.7 Å². The summed E-state index contributed by atoms with van der Waals surface area (Å²) in [6, 6.07) is 12.9. The summed E-state index contributed by atoms with van der Waals surface area (Å²) in [4.78, 5) is 16.6. The second kappa shape index (κ2) is 8.14. The van der Waals surface area contributed by atoms with Gasteiger partial charge in [0.25, 0.3) is 5.91 Å². The molecule has 1 heterocycles. The fraction of sp³-hybridized carbons (Fsp3) is 0.211. The second-order valence-electron chi connectivity index (χ2n) is 5.62. The van der Waals surface area contributed by atoms with Crippen LogP contribution < -0.4 is 10.1 Å². The van der Waals surface area contributed by atoms with Crippen LogP contribution in [-0.2, 0) is 6.54 Å². The van der Waals surface area contributed by atoms with E-state index in [-0.39, 0.29) is 12.5 Å². The zero-order valence-corrected chi connectivity index (χ0v) is 16.0. The molecule has 0 radical (unpaired) electrons. The molecule has 1 aromatic heterocycles. The highest BCUT2D eigenvalue weighted by Gasteiger charge is 2.12. The van der Waals surface area contributed by atoms with Crippen molar-refractivity contribution in [1.82, 2.24) is 15.5 Å². The Bertz CT molecular complexity index is 924. The summed E-state index contributed by atoms with van der Waals surface area (Å²) in [7, 11) is 0. The maximum Gasteiger partial charge on any atom is 0.251 e. The average molecular weight is 416 g/mol. The van der Waals surface area contributed by atoms with Crippen LogP contribution in [0.15, 0.2) is 51.5 Å². The van der Waals surface area contributed by atoms with E-state index in [0.29, 0.717) is 23.9 Å². The van der Waals surface area contributed by atoms with Gasteiger partial charge in [0.15, 0.2) is 0 Å². The highest BCUT2D eigenvalue weighted by atomic mass is 79.9. The quantitative estimate of drug-likeness (QED) is 0.654. The molecule has 26 heavy (non-hydrogen) atoms. The summed E-state index contributed by atoms with van der Waals surface area (Å²) < 4.78 is 11.6. The van der Waals surface area contributed by atoms with E-state index in [1.807, 2.05) is 38.1 Å². The number of halogens is 1. The molecule has 1 N–H and O–H groups in total. The first-order chi connectivity index (χ1) is 12.6. The summed E-state index contributed by atoms with van der Waals surface area (Å²) in [5, 5.41) is 6.73. The summed E-state index contributed by atoms with van der Waals surface area (Å²) in [6.07, 6.45) is 0. The van der Waals surface area contributed by atoms with Crippen molar-refractivity contribution in [2.75, 3.05) is 6.61 Å². The van der Waals surface area contributed by atoms with Crippen molar-refractivity contribution in [1.29, 1.82) is 0 Å². The number of aryl methyl sites for hydroxylation is 1. The zero-order valence-electron chi connectivity index (χ0n) is 14.5. The van der Waals surface area contributed by atoms with Crippen LogP contribution >= 0.6 is 15.9 Å². The molecule has 0 atom stereocenters. The fourth-order valence-corrected chi connectivity index (χ4v) is 2.84. The number of nitrogens with one attached hydrogen (secondary N) is 1. The predicted molar refractivity (Wildman–Crippen MR) is 101 cm³/mol. The Hall–Kier alpha value is -2.67. The molecule has 0 saturated heterocycles. The zero-order chi connectivity index (χ0) is 18.5. The smallest absolute Gasteiger partial charge is 0.251 e. The molecule has 0 aliphatic rings. The lowest BCUT2D eigenvalue weighted by molar-refractivity contribution is 0.0946. The van der Waals surface area contributed by atoms with Crippen molar-refractivity contribution < 1.29 is 14.1 Å². The van der Waals surface area contributed by atoms with E-state index < -0.39 is 0 Å². The Balaban J connectivity index is 1.64. The molecule has 0 aliphatic carbocycles.